The summed E-state index contributed by atoms with van der Waals surface area (Å²) >= 11 is 3.55. The van der Waals surface area contributed by atoms with Crippen LogP contribution in [0.1, 0.15) is 31.4 Å². The molecule has 0 bridgehead atoms. The van der Waals surface area contributed by atoms with Gasteiger partial charge in [0.1, 0.15) is 0 Å². The number of nitrogens with zero attached hydrogens (tertiary/aromatic N) is 1. The van der Waals surface area contributed by atoms with Gasteiger partial charge >= 0.3 is 0 Å². The van der Waals surface area contributed by atoms with Crippen LogP contribution < -0.4 is 4.90 Å². The van der Waals surface area contributed by atoms with Crippen molar-refractivity contribution in [2.45, 2.75) is 32.0 Å². The molecule has 1 aliphatic rings. The van der Waals surface area contributed by atoms with Crippen LogP contribution in [-0.2, 0) is 0 Å². The fourth-order valence-electron chi connectivity index (χ4n) is 2.15. The lowest BCUT2D eigenvalue weighted by atomic mass is 10.1. The molecule has 0 amide bonds. The van der Waals surface area contributed by atoms with Crippen molar-refractivity contribution < 1.29 is 10.2 Å². The molecule has 1 aromatic carbocycles. The highest BCUT2D eigenvalue weighted by molar-refractivity contribution is 9.10. The number of rotatable bonds is 2. The van der Waals surface area contributed by atoms with Gasteiger partial charge < -0.3 is 15.1 Å². The van der Waals surface area contributed by atoms with Crippen molar-refractivity contribution in [2.75, 3.05) is 18.0 Å². The number of aliphatic hydroxyl groups is 2. The minimum atomic E-state index is -0.441. The molecule has 0 radical (unpaired) electrons. The van der Waals surface area contributed by atoms with Crippen LogP contribution in [0.25, 0.3) is 0 Å². The molecule has 4 heteroatoms. The van der Waals surface area contributed by atoms with Crippen LogP contribution >= 0.6 is 15.9 Å². The van der Waals surface area contributed by atoms with E-state index >= 15 is 0 Å². The quantitative estimate of drug-likeness (QED) is 0.882. The van der Waals surface area contributed by atoms with Gasteiger partial charge in [0.15, 0.2) is 0 Å². The van der Waals surface area contributed by atoms with Gasteiger partial charge in [-0.05, 0) is 53.4 Å². The van der Waals surface area contributed by atoms with Gasteiger partial charge in [0.05, 0.1) is 17.9 Å². The summed E-state index contributed by atoms with van der Waals surface area (Å²) in [5.41, 5.74) is 2.05. The van der Waals surface area contributed by atoms with Crippen molar-refractivity contribution in [1.82, 2.24) is 0 Å². The van der Waals surface area contributed by atoms with E-state index in [9.17, 15) is 10.2 Å². The standard InChI is InChI=1S/C13H18BrNO2/c1-9(16)10-2-3-13(12(14)8-10)15-6-4-11(17)5-7-15/h2-3,8-9,11,16-17H,4-7H2,1H3/t9-/m1/s1. The van der Waals surface area contributed by atoms with Gasteiger partial charge in [0.2, 0.25) is 0 Å². The summed E-state index contributed by atoms with van der Waals surface area (Å²) < 4.78 is 1.01. The summed E-state index contributed by atoms with van der Waals surface area (Å²) in [6.07, 6.45) is 1.06. The Morgan fingerprint density at radius 1 is 1.35 bits per heavy atom. The van der Waals surface area contributed by atoms with Crippen molar-refractivity contribution in [3.8, 4) is 0 Å². The predicted octanol–water partition coefficient (Wildman–Crippen LogP) is 2.46. The first-order valence-electron chi connectivity index (χ1n) is 5.98. The lowest BCUT2D eigenvalue weighted by Gasteiger charge is -2.32. The molecule has 1 atom stereocenters. The van der Waals surface area contributed by atoms with E-state index in [4.69, 9.17) is 0 Å². The fraction of sp³-hybridized carbons (Fsp3) is 0.538. The molecule has 0 unspecified atom stereocenters. The molecule has 2 N–H and O–H groups in total. The van der Waals surface area contributed by atoms with Crippen LogP contribution in [0.5, 0.6) is 0 Å². The number of hydrogen-bond acceptors (Lipinski definition) is 3. The maximum Gasteiger partial charge on any atom is 0.0762 e. The summed E-state index contributed by atoms with van der Waals surface area (Å²) in [5.74, 6) is 0. The Bertz CT molecular complexity index is 387. The topological polar surface area (TPSA) is 43.7 Å². The molecule has 1 saturated heterocycles. The van der Waals surface area contributed by atoms with Gasteiger partial charge in [-0.25, -0.2) is 0 Å². The van der Waals surface area contributed by atoms with Crippen LogP contribution in [0.15, 0.2) is 22.7 Å². The highest BCUT2D eigenvalue weighted by Gasteiger charge is 2.19. The van der Waals surface area contributed by atoms with E-state index in [-0.39, 0.29) is 6.10 Å². The van der Waals surface area contributed by atoms with Gasteiger partial charge in [0, 0.05) is 17.6 Å². The Hall–Kier alpha value is -0.580. The number of aliphatic hydroxyl groups excluding tert-OH is 2. The normalized spacial score (nSPS) is 19.4. The van der Waals surface area contributed by atoms with E-state index in [1.54, 1.807) is 6.92 Å². The molecule has 2 rings (SSSR count). The smallest absolute Gasteiger partial charge is 0.0762 e. The second-order valence-electron chi connectivity index (χ2n) is 4.61. The third-order valence-corrected chi connectivity index (χ3v) is 3.89. The molecular weight excluding hydrogens is 282 g/mol. The van der Waals surface area contributed by atoms with E-state index < -0.39 is 6.10 Å². The second-order valence-corrected chi connectivity index (χ2v) is 5.46. The molecular formula is C13H18BrNO2. The SMILES string of the molecule is C[C@@H](O)c1ccc(N2CCC(O)CC2)c(Br)c1. The molecule has 0 aromatic heterocycles. The minimum Gasteiger partial charge on any atom is -0.393 e. The van der Waals surface area contributed by atoms with Crippen LogP contribution in [0.3, 0.4) is 0 Å². The van der Waals surface area contributed by atoms with Gasteiger partial charge in [-0.3, -0.25) is 0 Å². The Morgan fingerprint density at radius 2 is 2.00 bits per heavy atom. The summed E-state index contributed by atoms with van der Waals surface area (Å²) in [7, 11) is 0. The maximum absolute atomic E-state index is 9.52. The summed E-state index contributed by atoms with van der Waals surface area (Å²) in [6.45, 7) is 3.53. The third kappa shape index (κ3) is 3.00. The second kappa shape index (κ2) is 5.38. The summed E-state index contributed by atoms with van der Waals surface area (Å²) in [5, 5.41) is 19.0. The Kier molecular flexibility index (Phi) is 4.07. The Balaban J connectivity index is 2.16. The first-order chi connectivity index (χ1) is 8.08. The highest BCUT2D eigenvalue weighted by atomic mass is 79.9. The zero-order valence-electron chi connectivity index (χ0n) is 9.93. The van der Waals surface area contributed by atoms with Crippen molar-refractivity contribution in [3.63, 3.8) is 0 Å². The zero-order valence-corrected chi connectivity index (χ0v) is 11.5. The average Bonchev–Trinajstić information content (AvgIpc) is 2.30. The monoisotopic (exact) mass is 299 g/mol. The van der Waals surface area contributed by atoms with Gasteiger partial charge in [-0.1, -0.05) is 6.07 Å². The Labute approximate surface area is 110 Å². The number of benzene rings is 1. The molecule has 0 saturated carbocycles. The molecule has 3 nitrogen and oxygen atoms in total. The van der Waals surface area contributed by atoms with E-state index in [1.165, 1.54) is 0 Å². The van der Waals surface area contributed by atoms with Crippen LogP contribution in [-0.4, -0.2) is 29.4 Å². The highest BCUT2D eigenvalue weighted by Crippen LogP contribution is 2.31. The van der Waals surface area contributed by atoms with E-state index in [0.717, 1.165) is 41.7 Å². The molecule has 1 fully saturated rings. The van der Waals surface area contributed by atoms with Gasteiger partial charge in [-0.15, -0.1) is 0 Å². The van der Waals surface area contributed by atoms with Gasteiger partial charge in [0.25, 0.3) is 0 Å². The first-order valence-corrected chi connectivity index (χ1v) is 6.77. The maximum atomic E-state index is 9.52. The largest absolute Gasteiger partial charge is 0.393 e. The molecule has 0 aliphatic carbocycles. The van der Waals surface area contributed by atoms with Crippen molar-refractivity contribution in [1.29, 1.82) is 0 Å². The van der Waals surface area contributed by atoms with Crippen molar-refractivity contribution >= 4 is 21.6 Å². The van der Waals surface area contributed by atoms with Gasteiger partial charge in [-0.2, -0.15) is 0 Å². The molecule has 0 spiro atoms. The molecule has 94 valence electrons. The minimum absolute atomic E-state index is 0.151. The number of anilines is 1. The molecule has 1 aromatic rings. The summed E-state index contributed by atoms with van der Waals surface area (Å²) in [4.78, 5) is 2.27. The lowest BCUT2D eigenvalue weighted by molar-refractivity contribution is 0.145. The molecule has 17 heavy (non-hydrogen) atoms. The van der Waals surface area contributed by atoms with Crippen molar-refractivity contribution in [3.05, 3.63) is 28.2 Å². The van der Waals surface area contributed by atoms with Crippen LogP contribution in [0, 0.1) is 0 Å². The van der Waals surface area contributed by atoms with E-state index in [2.05, 4.69) is 20.8 Å². The molecule has 1 heterocycles. The third-order valence-electron chi connectivity index (χ3n) is 3.26. The van der Waals surface area contributed by atoms with Crippen molar-refractivity contribution in [2.24, 2.45) is 0 Å². The first kappa shape index (κ1) is 12.9. The lowest BCUT2D eigenvalue weighted by Crippen LogP contribution is -2.35. The predicted molar refractivity (Wildman–Crippen MR) is 72.2 cm³/mol. The fourth-order valence-corrected chi connectivity index (χ4v) is 2.79. The zero-order chi connectivity index (χ0) is 12.4. The number of hydrogen-bond donors (Lipinski definition) is 2. The Morgan fingerprint density at radius 3 is 2.53 bits per heavy atom. The molecule has 1 aliphatic heterocycles. The van der Waals surface area contributed by atoms with E-state index in [1.807, 2.05) is 18.2 Å². The van der Waals surface area contributed by atoms with E-state index in [0.29, 0.717) is 0 Å². The average molecular weight is 300 g/mol. The number of halogens is 1. The van der Waals surface area contributed by atoms with Crippen LogP contribution in [0.4, 0.5) is 5.69 Å². The number of piperidine rings is 1. The van der Waals surface area contributed by atoms with Crippen LogP contribution in [0.2, 0.25) is 0 Å². The summed E-state index contributed by atoms with van der Waals surface area (Å²) in [6, 6.07) is 5.95.